The van der Waals surface area contributed by atoms with E-state index in [2.05, 4.69) is 20.8 Å². The summed E-state index contributed by atoms with van der Waals surface area (Å²) < 4.78 is 0. The van der Waals surface area contributed by atoms with Gasteiger partial charge in [-0.15, -0.1) is 12.4 Å². The molecule has 1 atom stereocenters. The predicted octanol–water partition coefficient (Wildman–Crippen LogP) is 2.48. The molecule has 0 saturated carbocycles. The maximum absolute atomic E-state index is 12.1. The van der Waals surface area contributed by atoms with Crippen LogP contribution in [0.4, 0.5) is 0 Å². The Morgan fingerprint density at radius 3 is 2.26 bits per heavy atom. The van der Waals surface area contributed by atoms with E-state index in [0.29, 0.717) is 13.0 Å². The summed E-state index contributed by atoms with van der Waals surface area (Å²) in [6, 6.07) is 9.42. The van der Waals surface area contributed by atoms with Gasteiger partial charge in [0.05, 0.1) is 6.04 Å². The van der Waals surface area contributed by atoms with Crippen molar-refractivity contribution in [2.45, 2.75) is 33.2 Å². The van der Waals surface area contributed by atoms with E-state index in [0.717, 1.165) is 5.56 Å². The molecular formula is C15H25ClN2O. The molecule has 0 radical (unpaired) electrons. The van der Waals surface area contributed by atoms with Gasteiger partial charge >= 0.3 is 0 Å². The number of amides is 1. The van der Waals surface area contributed by atoms with Gasteiger partial charge in [-0.1, -0.05) is 51.1 Å². The molecule has 0 spiro atoms. The van der Waals surface area contributed by atoms with E-state index in [1.807, 2.05) is 37.4 Å². The van der Waals surface area contributed by atoms with Gasteiger partial charge in [-0.2, -0.15) is 0 Å². The van der Waals surface area contributed by atoms with Crippen LogP contribution in [0.2, 0.25) is 0 Å². The first-order chi connectivity index (χ1) is 8.29. The molecule has 1 rings (SSSR count). The molecule has 0 heterocycles. The van der Waals surface area contributed by atoms with Crippen LogP contribution in [0.3, 0.4) is 0 Å². The van der Waals surface area contributed by atoms with Crippen LogP contribution < -0.4 is 5.73 Å². The van der Waals surface area contributed by atoms with Gasteiger partial charge in [0, 0.05) is 13.6 Å². The Bertz CT molecular complexity index is 387. The lowest BCUT2D eigenvalue weighted by Crippen LogP contribution is -2.45. The van der Waals surface area contributed by atoms with Gasteiger partial charge in [-0.3, -0.25) is 4.79 Å². The van der Waals surface area contributed by atoms with Crippen LogP contribution in [0.5, 0.6) is 0 Å². The lowest BCUT2D eigenvalue weighted by Gasteiger charge is -2.28. The van der Waals surface area contributed by atoms with Crippen molar-refractivity contribution in [2.75, 3.05) is 13.6 Å². The monoisotopic (exact) mass is 284 g/mol. The van der Waals surface area contributed by atoms with Gasteiger partial charge in [-0.05, 0) is 17.4 Å². The molecule has 0 aliphatic heterocycles. The molecule has 0 aliphatic rings. The number of hydrogen-bond acceptors (Lipinski definition) is 2. The Labute approximate surface area is 122 Å². The highest BCUT2D eigenvalue weighted by atomic mass is 35.5. The van der Waals surface area contributed by atoms with E-state index >= 15 is 0 Å². The van der Waals surface area contributed by atoms with Crippen molar-refractivity contribution in [3.63, 3.8) is 0 Å². The van der Waals surface area contributed by atoms with E-state index in [1.54, 1.807) is 4.90 Å². The summed E-state index contributed by atoms with van der Waals surface area (Å²) in [4.78, 5) is 13.9. The van der Waals surface area contributed by atoms with E-state index in [1.165, 1.54) is 0 Å². The number of carbonyl (C=O) groups is 1. The van der Waals surface area contributed by atoms with Crippen molar-refractivity contribution in [2.24, 2.45) is 11.1 Å². The Morgan fingerprint density at radius 1 is 1.26 bits per heavy atom. The quantitative estimate of drug-likeness (QED) is 0.923. The molecule has 108 valence electrons. The number of nitrogens with zero attached hydrogens (tertiary/aromatic N) is 1. The molecular weight excluding hydrogens is 260 g/mol. The van der Waals surface area contributed by atoms with Crippen LogP contribution in [0.1, 0.15) is 26.3 Å². The SMILES string of the molecule is CN(CC(C)(C)C)C(=O)C(N)Cc1ccccc1.Cl. The van der Waals surface area contributed by atoms with E-state index in [-0.39, 0.29) is 23.7 Å². The van der Waals surface area contributed by atoms with Crippen molar-refractivity contribution in [3.05, 3.63) is 35.9 Å². The third-order valence-electron chi connectivity index (χ3n) is 2.70. The Kier molecular flexibility index (Phi) is 7.09. The fraction of sp³-hybridized carbons (Fsp3) is 0.533. The molecule has 0 fully saturated rings. The minimum absolute atomic E-state index is 0. The van der Waals surface area contributed by atoms with Crippen LogP contribution in [-0.4, -0.2) is 30.4 Å². The number of benzene rings is 1. The average Bonchev–Trinajstić information content (AvgIpc) is 2.27. The number of hydrogen-bond donors (Lipinski definition) is 1. The minimum Gasteiger partial charge on any atom is -0.344 e. The molecule has 1 unspecified atom stereocenters. The zero-order valence-electron chi connectivity index (χ0n) is 12.2. The molecule has 1 aromatic carbocycles. The summed E-state index contributed by atoms with van der Waals surface area (Å²) in [6.07, 6.45) is 0.591. The van der Waals surface area contributed by atoms with E-state index < -0.39 is 6.04 Å². The van der Waals surface area contributed by atoms with Crippen LogP contribution in [0.25, 0.3) is 0 Å². The summed E-state index contributed by atoms with van der Waals surface area (Å²) in [7, 11) is 1.82. The molecule has 3 nitrogen and oxygen atoms in total. The fourth-order valence-electron chi connectivity index (χ4n) is 2.03. The molecule has 2 N–H and O–H groups in total. The molecule has 19 heavy (non-hydrogen) atoms. The zero-order chi connectivity index (χ0) is 13.8. The Balaban J connectivity index is 0.00000324. The Morgan fingerprint density at radius 2 is 1.79 bits per heavy atom. The van der Waals surface area contributed by atoms with Crippen molar-refractivity contribution < 1.29 is 4.79 Å². The van der Waals surface area contributed by atoms with Gasteiger partial charge in [0.15, 0.2) is 0 Å². The standard InChI is InChI=1S/C15H24N2O.ClH/c1-15(2,3)11-17(4)14(18)13(16)10-12-8-6-5-7-9-12;/h5-9,13H,10-11,16H2,1-4H3;1H. The first kappa shape index (κ1) is 17.9. The molecule has 0 aliphatic carbocycles. The maximum atomic E-state index is 12.1. The smallest absolute Gasteiger partial charge is 0.239 e. The minimum atomic E-state index is -0.459. The summed E-state index contributed by atoms with van der Waals surface area (Å²) in [5.74, 6) is 0.00813. The largest absolute Gasteiger partial charge is 0.344 e. The lowest BCUT2D eigenvalue weighted by atomic mass is 9.95. The van der Waals surface area contributed by atoms with Crippen molar-refractivity contribution in [1.82, 2.24) is 4.90 Å². The van der Waals surface area contributed by atoms with Crippen molar-refractivity contribution in [3.8, 4) is 0 Å². The summed E-state index contributed by atoms with van der Waals surface area (Å²) in [5.41, 5.74) is 7.17. The molecule has 1 aromatic rings. The number of carbonyl (C=O) groups excluding carboxylic acids is 1. The van der Waals surface area contributed by atoms with Crippen LogP contribution in [-0.2, 0) is 11.2 Å². The summed E-state index contributed by atoms with van der Waals surface area (Å²) >= 11 is 0. The molecule has 0 bridgehead atoms. The van der Waals surface area contributed by atoms with Crippen LogP contribution in [0, 0.1) is 5.41 Å². The normalized spacial score (nSPS) is 12.5. The first-order valence-corrected chi connectivity index (χ1v) is 6.34. The molecule has 0 aromatic heterocycles. The number of halogens is 1. The van der Waals surface area contributed by atoms with Crippen LogP contribution >= 0.6 is 12.4 Å². The summed E-state index contributed by atoms with van der Waals surface area (Å²) in [6.45, 7) is 7.05. The molecule has 0 saturated heterocycles. The maximum Gasteiger partial charge on any atom is 0.239 e. The van der Waals surface area contributed by atoms with E-state index in [4.69, 9.17) is 5.73 Å². The van der Waals surface area contributed by atoms with E-state index in [9.17, 15) is 4.79 Å². The third-order valence-corrected chi connectivity index (χ3v) is 2.70. The van der Waals surface area contributed by atoms with Gasteiger partial charge in [0.2, 0.25) is 5.91 Å². The average molecular weight is 285 g/mol. The number of rotatable bonds is 4. The van der Waals surface area contributed by atoms with Gasteiger partial charge < -0.3 is 10.6 Å². The second kappa shape index (κ2) is 7.51. The van der Waals surface area contributed by atoms with Gasteiger partial charge in [-0.25, -0.2) is 0 Å². The van der Waals surface area contributed by atoms with Gasteiger partial charge in [0.25, 0.3) is 0 Å². The highest BCUT2D eigenvalue weighted by Gasteiger charge is 2.22. The van der Waals surface area contributed by atoms with Crippen molar-refractivity contribution in [1.29, 1.82) is 0 Å². The Hall–Kier alpha value is -1.06. The van der Waals surface area contributed by atoms with Crippen molar-refractivity contribution >= 4 is 18.3 Å². The van der Waals surface area contributed by atoms with Gasteiger partial charge in [0.1, 0.15) is 0 Å². The molecule has 1 amide bonds. The second-order valence-electron chi connectivity index (χ2n) is 6.05. The number of nitrogens with two attached hydrogens (primary N) is 1. The predicted molar refractivity (Wildman–Crippen MR) is 82.5 cm³/mol. The highest BCUT2D eigenvalue weighted by molar-refractivity contribution is 5.85. The number of likely N-dealkylation sites (N-methyl/N-ethyl adjacent to an activating group) is 1. The molecule has 4 heteroatoms. The first-order valence-electron chi connectivity index (χ1n) is 6.34. The second-order valence-corrected chi connectivity index (χ2v) is 6.05. The highest BCUT2D eigenvalue weighted by Crippen LogP contribution is 2.15. The topological polar surface area (TPSA) is 46.3 Å². The third kappa shape index (κ3) is 6.60. The summed E-state index contributed by atoms with van der Waals surface area (Å²) in [5, 5.41) is 0. The fourth-order valence-corrected chi connectivity index (χ4v) is 2.03. The zero-order valence-corrected chi connectivity index (χ0v) is 13.0. The van der Waals surface area contributed by atoms with Crippen LogP contribution in [0.15, 0.2) is 30.3 Å². The lowest BCUT2D eigenvalue weighted by molar-refractivity contribution is -0.132.